The average Bonchev–Trinajstić information content (AvgIpc) is 3.17. The molecule has 2 heterocycles. The van der Waals surface area contributed by atoms with Gasteiger partial charge in [0.15, 0.2) is 0 Å². The van der Waals surface area contributed by atoms with Gasteiger partial charge in [0.2, 0.25) is 0 Å². The molecule has 0 aromatic carbocycles. The Labute approximate surface area is 159 Å². The second-order valence-corrected chi connectivity index (χ2v) is 8.93. The predicted molar refractivity (Wildman–Crippen MR) is 102 cm³/mol. The average molecular weight is 395 g/mol. The molecule has 0 atom stereocenters. The Kier molecular flexibility index (Phi) is 4.69. The number of thiophene rings is 1. The maximum absolute atomic E-state index is 13.9. The second kappa shape index (κ2) is 6.85. The molecule has 0 saturated carbocycles. The number of thiazole rings is 1. The Morgan fingerprint density at radius 3 is 2.85 bits per heavy atom. The first-order chi connectivity index (χ1) is 12.4. The molecule has 4 rings (SSSR count). The molecule has 0 radical (unpaired) electrons. The minimum absolute atomic E-state index is 0.107. The standard InChI is InChI=1S/C19H20F2N2OS2/c1-11-10-25-17(22-11)15-13-7-8-19(20,21)9-14(13)26-18(15)23-16(24)12-5-3-2-4-6-12/h5,10H,2-4,6-9H2,1H3,(H,23,24). The van der Waals surface area contributed by atoms with Crippen molar-refractivity contribution in [1.29, 1.82) is 0 Å². The van der Waals surface area contributed by atoms with Gasteiger partial charge in [0, 0.05) is 39.9 Å². The number of anilines is 1. The fourth-order valence-electron chi connectivity index (χ4n) is 3.56. The number of carbonyl (C=O) groups excluding carboxylic acids is 1. The maximum atomic E-state index is 13.9. The minimum atomic E-state index is -2.67. The van der Waals surface area contributed by atoms with Gasteiger partial charge in [0.1, 0.15) is 10.0 Å². The van der Waals surface area contributed by atoms with Gasteiger partial charge in [0.25, 0.3) is 11.8 Å². The molecular weight excluding hydrogens is 374 g/mol. The normalized spacial score (nSPS) is 19.0. The lowest BCUT2D eigenvalue weighted by Crippen LogP contribution is -2.24. The van der Waals surface area contributed by atoms with Gasteiger partial charge in [-0.25, -0.2) is 13.8 Å². The molecular formula is C19H20F2N2OS2. The maximum Gasteiger partial charge on any atom is 0.253 e. The topological polar surface area (TPSA) is 42.0 Å². The van der Waals surface area contributed by atoms with Gasteiger partial charge in [-0.05, 0) is 44.6 Å². The molecule has 0 bridgehead atoms. The molecule has 2 aromatic rings. The van der Waals surface area contributed by atoms with Crippen molar-refractivity contribution in [2.45, 2.75) is 57.8 Å². The minimum Gasteiger partial charge on any atom is -0.313 e. The summed E-state index contributed by atoms with van der Waals surface area (Å²) in [4.78, 5) is 17.9. The number of rotatable bonds is 3. The second-order valence-electron chi connectivity index (χ2n) is 6.96. The zero-order valence-electron chi connectivity index (χ0n) is 14.5. The van der Waals surface area contributed by atoms with Crippen LogP contribution in [0.15, 0.2) is 17.0 Å². The molecule has 0 fully saturated rings. The van der Waals surface area contributed by atoms with Crippen LogP contribution in [0.3, 0.4) is 0 Å². The molecule has 1 amide bonds. The highest BCUT2D eigenvalue weighted by molar-refractivity contribution is 7.18. The molecule has 2 aromatic heterocycles. The van der Waals surface area contributed by atoms with Gasteiger partial charge in [-0.1, -0.05) is 6.08 Å². The van der Waals surface area contributed by atoms with Gasteiger partial charge in [-0.15, -0.1) is 22.7 Å². The number of amides is 1. The van der Waals surface area contributed by atoms with E-state index in [4.69, 9.17) is 0 Å². The summed E-state index contributed by atoms with van der Waals surface area (Å²) in [5, 5.41) is 6.43. The molecule has 2 aliphatic carbocycles. The molecule has 26 heavy (non-hydrogen) atoms. The number of hydrogen-bond donors (Lipinski definition) is 1. The summed E-state index contributed by atoms with van der Waals surface area (Å²) in [5.74, 6) is -2.77. The summed E-state index contributed by atoms with van der Waals surface area (Å²) < 4.78 is 27.8. The van der Waals surface area contributed by atoms with E-state index in [1.165, 1.54) is 22.7 Å². The Morgan fingerprint density at radius 1 is 1.31 bits per heavy atom. The lowest BCUT2D eigenvalue weighted by atomic mass is 9.93. The number of fused-ring (bicyclic) bond motifs is 1. The Hall–Kier alpha value is -1.60. The lowest BCUT2D eigenvalue weighted by molar-refractivity contribution is -0.113. The molecule has 0 spiro atoms. The van der Waals surface area contributed by atoms with Crippen LogP contribution in [-0.4, -0.2) is 16.8 Å². The van der Waals surface area contributed by atoms with Gasteiger partial charge in [-0.2, -0.15) is 0 Å². The van der Waals surface area contributed by atoms with Crippen LogP contribution in [-0.2, 0) is 17.6 Å². The van der Waals surface area contributed by atoms with Crippen molar-refractivity contribution in [3.8, 4) is 10.6 Å². The summed E-state index contributed by atoms with van der Waals surface area (Å²) in [6, 6.07) is 0. The van der Waals surface area contributed by atoms with Crippen LogP contribution in [0.5, 0.6) is 0 Å². The highest BCUT2D eigenvalue weighted by Crippen LogP contribution is 2.48. The summed E-state index contributed by atoms with van der Waals surface area (Å²) >= 11 is 2.79. The third-order valence-electron chi connectivity index (χ3n) is 4.89. The number of carbonyl (C=O) groups is 1. The number of nitrogens with zero attached hydrogens (tertiary/aromatic N) is 1. The number of aryl methyl sites for hydroxylation is 1. The van der Waals surface area contributed by atoms with Crippen LogP contribution in [0.2, 0.25) is 0 Å². The first kappa shape index (κ1) is 17.8. The van der Waals surface area contributed by atoms with Crippen molar-refractivity contribution in [2.75, 3.05) is 5.32 Å². The Morgan fingerprint density at radius 2 is 2.15 bits per heavy atom. The summed E-state index contributed by atoms with van der Waals surface area (Å²) in [5.41, 5.74) is 3.49. The van der Waals surface area contributed by atoms with Crippen LogP contribution < -0.4 is 5.32 Å². The number of hydrogen-bond acceptors (Lipinski definition) is 4. The molecule has 2 aliphatic rings. The number of alkyl halides is 2. The first-order valence-corrected chi connectivity index (χ1v) is 10.6. The van der Waals surface area contributed by atoms with Gasteiger partial charge in [0.05, 0.1) is 0 Å². The van der Waals surface area contributed by atoms with E-state index in [9.17, 15) is 13.6 Å². The smallest absolute Gasteiger partial charge is 0.253 e. The molecule has 0 unspecified atom stereocenters. The van der Waals surface area contributed by atoms with E-state index in [1.807, 2.05) is 18.4 Å². The number of aromatic nitrogens is 1. The summed E-state index contributed by atoms with van der Waals surface area (Å²) in [6.07, 6.45) is 5.76. The monoisotopic (exact) mass is 394 g/mol. The van der Waals surface area contributed by atoms with E-state index >= 15 is 0 Å². The SMILES string of the molecule is Cc1csc(-c2c(NC(=O)C3=CCCCC3)sc3c2CCC(F)(F)C3)n1. The predicted octanol–water partition coefficient (Wildman–Crippen LogP) is 5.74. The van der Waals surface area contributed by atoms with E-state index in [2.05, 4.69) is 10.3 Å². The quantitative estimate of drug-likeness (QED) is 0.721. The van der Waals surface area contributed by atoms with Gasteiger partial charge >= 0.3 is 0 Å². The van der Waals surface area contributed by atoms with E-state index in [-0.39, 0.29) is 18.7 Å². The fraction of sp³-hybridized carbons (Fsp3) is 0.474. The van der Waals surface area contributed by atoms with E-state index in [0.717, 1.165) is 53.1 Å². The lowest BCUT2D eigenvalue weighted by Gasteiger charge is -2.21. The molecule has 138 valence electrons. The van der Waals surface area contributed by atoms with Crippen LogP contribution >= 0.6 is 22.7 Å². The molecule has 0 aliphatic heterocycles. The third kappa shape index (κ3) is 3.47. The number of halogens is 2. The summed E-state index contributed by atoms with van der Waals surface area (Å²) in [7, 11) is 0. The Bertz CT molecular complexity index is 882. The van der Waals surface area contributed by atoms with Crippen molar-refractivity contribution in [3.63, 3.8) is 0 Å². The van der Waals surface area contributed by atoms with Crippen molar-refractivity contribution in [1.82, 2.24) is 4.98 Å². The molecule has 3 nitrogen and oxygen atoms in total. The van der Waals surface area contributed by atoms with Crippen molar-refractivity contribution < 1.29 is 13.6 Å². The molecule has 7 heteroatoms. The van der Waals surface area contributed by atoms with E-state index in [0.29, 0.717) is 16.3 Å². The van der Waals surface area contributed by atoms with Crippen LogP contribution in [0.1, 0.15) is 48.2 Å². The number of allylic oxidation sites excluding steroid dienone is 1. The van der Waals surface area contributed by atoms with E-state index in [1.54, 1.807) is 0 Å². The van der Waals surface area contributed by atoms with Gasteiger partial charge in [-0.3, -0.25) is 4.79 Å². The molecule has 0 saturated heterocycles. The fourth-order valence-corrected chi connectivity index (χ4v) is 5.82. The zero-order valence-corrected chi connectivity index (χ0v) is 16.2. The van der Waals surface area contributed by atoms with Gasteiger partial charge < -0.3 is 5.32 Å². The van der Waals surface area contributed by atoms with Crippen LogP contribution in [0.4, 0.5) is 13.8 Å². The van der Waals surface area contributed by atoms with Crippen molar-refractivity contribution in [3.05, 3.63) is 33.2 Å². The van der Waals surface area contributed by atoms with Crippen molar-refractivity contribution in [2.24, 2.45) is 0 Å². The third-order valence-corrected chi connectivity index (χ3v) is 7.02. The largest absolute Gasteiger partial charge is 0.313 e. The van der Waals surface area contributed by atoms with Crippen LogP contribution in [0.25, 0.3) is 10.6 Å². The number of nitrogens with one attached hydrogen (secondary N) is 1. The Balaban J connectivity index is 1.72. The van der Waals surface area contributed by atoms with Crippen LogP contribution in [0, 0.1) is 6.92 Å². The highest BCUT2D eigenvalue weighted by atomic mass is 32.1. The van der Waals surface area contributed by atoms with E-state index < -0.39 is 5.92 Å². The van der Waals surface area contributed by atoms with Crippen molar-refractivity contribution >= 4 is 33.6 Å². The molecule has 1 N–H and O–H groups in total. The highest BCUT2D eigenvalue weighted by Gasteiger charge is 2.38. The summed E-state index contributed by atoms with van der Waals surface area (Å²) in [6.45, 7) is 1.91. The first-order valence-electron chi connectivity index (χ1n) is 8.88. The zero-order chi connectivity index (χ0) is 18.3.